The first-order chi connectivity index (χ1) is 10.6. The van der Waals surface area contributed by atoms with E-state index >= 15 is 0 Å². The smallest absolute Gasteiger partial charge is 0.414 e. The molecule has 0 bridgehead atoms. The Labute approximate surface area is 126 Å². The molecule has 2 aromatic carbocycles. The summed E-state index contributed by atoms with van der Waals surface area (Å²) in [6.45, 7) is 0.841. The van der Waals surface area contributed by atoms with Gasteiger partial charge in [0.25, 0.3) is 5.91 Å². The van der Waals surface area contributed by atoms with Gasteiger partial charge >= 0.3 is 6.09 Å². The van der Waals surface area contributed by atoms with E-state index in [1.807, 2.05) is 0 Å². The first-order valence-electron chi connectivity index (χ1n) is 6.75. The number of cyclic esters (lactones) is 1. The van der Waals surface area contributed by atoms with Crippen LogP contribution in [0.5, 0.6) is 0 Å². The van der Waals surface area contributed by atoms with Gasteiger partial charge in [0, 0.05) is 11.3 Å². The van der Waals surface area contributed by atoms with Crippen LogP contribution in [0.15, 0.2) is 48.5 Å². The summed E-state index contributed by atoms with van der Waals surface area (Å²) in [7, 11) is 0. The molecular weight excluding hydrogens is 287 g/mol. The molecule has 0 aromatic heterocycles. The second-order valence-electron chi connectivity index (χ2n) is 4.75. The van der Waals surface area contributed by atoms with E-state index in [-0.39, 0.29) is 5.69 Å². The van der Waals surface area contributed by atoms with Gasteiger partial charge in [0.1, 0.15) is 12.4 Å². The zero-order valence-corrected chi connectivity index (χ0v) is 11.6. The Bertz CT molecular complexity index is 716. The maximum absolute atomic E-state index is 13.5. The Morgan fingerprint density at radius 3 is 2.50 bits per heavy atom. The molecule has 1 heterocycles. The highest BCUT2D eigenvalue weighted by atomic mass is 19.1. The van der Waals surface area contributed by atoms with Gasteiger partial charge in [-0.2, -0.15) is 0 Å². The number of rotatable bonds is 3. The van der Waals surface area contributed by atoms with Crippen LogP contribution in [-0.4, -0.2) is 25.2 Å². The minimum atomic E-state index is -0.493. The van der Waals surface area contributed by atoms with E-state index in [0.29, 0.717) is 24.4 Å². The summed E-state index contributed by atoms with van der Waals surface area (Å²) in [4.78, 5) is 25.0. The van der Waals surface area contributed by atoms with E-state index in [4.69, 9.17) is 4.74 Å². The van der Waals surface area contributed by atoms with E-state index in [9.17, 15) is 14.0 Å². The van der Waals surface area contributed by atoms with Crippen LogP contribution in [0.2, 0.25) is 0 Å². The lowest BCUT2D eigenvalue weighted by Crippen LogP contribution is -2.23. The second kappa shape index (κ2) is 5.85. The van der Waals surface area contributed by atoms with Crippen LogP contribution in [0.3, 0.4) is 0 Å². The van der Waals surface area contributed by atoms with Gasteiger partial charge in [0.2, 0.25) is 0 Å². The summed E-state index contributed by atoms with van der Waals surface area (Å²) in [5.74, 6) is -0.909. The number of para-hydroxylation sites is 1. The van der Waals surface area contributed by atoms with Gasteiger partial charge in [0.15, 0.2) is 0 Å². The van der Waals surface area contributed by atoms with Crippen molar-refractivity contribution >= 4 is 23.4 Å². The van der Waals surface area contributed by atoms with Crippen molar-refractivity contribution in [3.05, 3.63) is 59.9 Å². The van der Waals surface area contributed by atoms with Crippen LogP contribution in [0.1, 0.15) is 10.4 Å². The number of carbonyl (C=O) groups excluding carboxylic acids is 2. The number of hydrogen-bond donors (Lipinski definition) is 1. The van der Waals surface area contributed by atoms with Crippen molar-refractivity contribution < 1.29 is 18.7 Å². The van der Waals surface area contributed by atoms with Gasteiger partial charge in [-0.3, -0.25) is 9.69 Å². The van der Waals surface area contributed by atoms with Gasteiger partial charge < -0.3 is 10.1 Å². The predicted octanol–water partition coefficient (Wildman–Crippen LogP) is 3.03. The lowest BCUT2D eigenvalue weighted by atomic mass is 10.1. The second-order valence-corrected chi connectivity index (χ2v) is 4.75. The van der Waals surface area contributed by atoms with Gasteiger partial charge in [-0.15, -0.1) is 0 Å². The zero-order valence-electron chi connectivity index (χ0n) is 11.6. The molecule has 0 radical (unpaired) electrons. The molecule has 0 unspecified atom stereocenters. The molecule has 0 saturated carbocycles. The summed E-state index contributed by atoms with van der Waals surface area (Å²) >= 11 is 0. The summed E-state index contributed by atoms with van der Waals surface area (Å²) in [6.07, 6.45) is -0.399. The molecule has 1 N–H and O–H groups in total. The number of halogens is 1. The summed E-state index contributed by atoms with van der Waals surface area (Å²) in [5.41, 5.74) is 1.16. The van der Waals surface area contributed by atoms with Gasteiger partial charge in [-0.25, -0.2) is 9.18 Å². The molecule has 6 heteroatoms. The molecule has 2 aromatic rings. The van der Waals surface area contributed by atoms with Crippen LogP contribution < -0.4 is 10.2 Å². The average molecular weight is 300 g/mol. The third kappa shape index (κ3) is 2.76. The fraction of sp³-hybridized carbons (Fsp3) is 0.125. The van der Waals surface area contributed by atoms with Gasteiger partial charge in [-0.1, -0.05) is 12.1 Å². The van der Waals surface area contributed by atoms with E-state index in [0.717, 1.165) is 0 Å². The highest BCUT2D eigenvalue weighted by Gasteiger charge is 2.23. The molecule has 2 amide bonds. The normalized spacial score (nSPS) is 13.9. The highest BCUT2D eigenvalue weighted by Crippen LogP contribution is 2.20. The SMILES string of the molecule is O=C(Nc1ccccc1F)c1ccc(N2CCOC2=O)cc1. The summed E-state index contributed by atoms with van der Waals surface area (Å²) in [6, 6.07) is 12.4. The molecule has 0 spiro atoms. The third-order valence-corrected chi connectivity index (χ3v) is 3.32. The van der Waals surface area contributed by atoms with E-state index in [1.54, 1.807) is 36.4 Å². The van der Waals surface area contributed by atoms with Crippen LogP contribution in [0, 0.1) is 5.82 Å². The Morgan fingerprint density at radius 2 is 1.86 bits per heavy atom. The van der Waals surface area contributed by atoms with Crippen molar-refractivity contribution in [2.24, 2.45) is 0 Å². The molecule has 0 aliphatic carbocycles. The molecule has 0 atom stereocenters. The molecular formula is C16H13FN2O3. The first kappa shape index (κ1) is 14.1. The van der Waals surface area contributed by atoms with Crippen molar-refractivity contribution in [3.63, 3.8) is 0 Å². The topological polar surface area (TPSA) is 58.6 Å². The van der Waals surface area contributed by atoms with Crippen LogP contribution in [0.25, 0.3) is 0 Å². The Morgan fingerprint density at radius 1 is 1.14 bits per heavy atom. The average Bonchev–Trinajstić information content (AvgIpc) is 2.96. The molecule has 1 fully saturated rings. The number of nitrogens with zero attached hydrogens (tertiary/aromatic N) is 1. The Hall–Kier alpha value is -2.89. The third-order valence-electron chi connectivity index (χ3n) is 3.32. The molecule has 1 aliphatic heterocycles. The zero-order chi connectivity index (χ0) is 15.5. The van der Waals surface area contributed by atoms with Crippen LogP contribution >= 0.6 is 0 Å². The molecule has 1 saturated heterocycles. The van der Waals surface area contributed by atoms with E-state index < -0.39 is 17.8 Å². The van der Waals surface area contributed by atoms with Crippen molar-refractivity contribution in [1.82, 2.24) is 0 Å². The Balaban J connectivity index is 1.74. The summed E-state index contributed by atoms with van der Waals surface area (Å²) in [5, 5.41) is 2.51. The van der Waals surface area contributed by atoms with E-state index in [2.05, 4.69) is 5.32 Å². The molecule has 5 nitrogen and oxygen atoms in total. The molecule has 22 heavy (non-hydrogen) atoms. The lowest BCUT2D eigenvalue weighted by molar-refractivity contribution is 0.102. The first-order valence-corrected chi connectivity index (χ1v) is 6.75. The highest BCUT2D eigenvalue weighted by molar-refractivity contribution is 6.04. The number of nitrogens with one attached hydrogen (secondary N) is 1. The molecule has 3 rings (SSSR count). The van der Waals surface area contributed by atoms with Crippen molar-refractivity contribution in [2.45, 2.75) is 0 Å². The molecule has 1 aliphatic rings. The quantitative estimate of drug-likeness (QED) is 0.948. The Kier molecular flexibility index (Phi) is 3.74. The van der Waals surface area contributed by atoms with Crippen LogP contribution in [0.4, 0.5) is 20.6 Å². The number of anilines is 2. The maximum atomic E-state index is 13.5. The minimum absolute atomic E-state index is 0.125. The summed E-state index contributed by atoms with van der Waals surface area (Å²) < 4.78 is 18.4. The van der Waals surface area contributed by atoms with Gasteiger partial charge in [-0.05, 0) is 36.4 Å². The molecule has 112 valence electrons. The predicted molar refractivity (Wildman–Crippen MR) is 79.5 cm³/mol. The maximum Gasteiger partial charge on any atom is 0.414 e. The number of hydrogen-bond acceptors (Lipinski definition) is 3. The number of benzene rings is 2. The fourth-order valence-electron chi connectivity index (χ4n) is 2.18. The monoisotopic (exact) mass is 300 g/mol. The lowest BCUT2D eigenvalue weighted by Gasteiger charge is -2.13. The minimum Gasteiger partial charge on any atom is -0.447 e. The van der Waals surface area contributed by atoms with Crippen molar-refractivity contribution in [1.29, 1.82) is 0 Å². The number of carbonyl (C=O) groups is 2. The number of ether oxygens (including phenoxy) is 1. The fourth-order valence-corrected chi connectivity index (χ4v) is 2.18. The largest absolute Gasteiger partial charge is 0.447 e. The van der Waals surface area contributed by atoms with Crippen LogP contribution in [-0.2, 0) is 4.74 Å². The van der Waals surface area contributed by atoms with E-state index in [1.165, 1.54) is 17.0 Å². The van der Waals surface area contributed by atoms with Crippen molar-refractivity contribution in [2.75, 3.05) is 23.4 Å². The van der Waals surface area contributed by atoms with Crippen molar-refractivity contribution in [3.8, 4) is 0 Å². The standard InChI is InChI=1S/C16H13FN2O3/c17-13-3-1-2-4-14(13)18-15(20)11-5-7-12(8-6-11)19-9-10-22-16(19)21/h1-8H,9-10H2,(H,18,20). The van der Waals surface area contributed by atoms with Gasteiger partial charge in [0.05, 0.1) is 12.2 Å². The number of amides is 2.